The molecule has 3 nitrogen and oxygen atoms in total. The zero-order chi connectivity index (χ0) is 12.1. The Kier molecular flexibility index (Phi) is 6.68. The molecule has 1 aliphatic heterocycles. The number of hydrogen-bond acceptors (Lipinski definition) is 3. The molecule has 1 atom stereocenters. The molecule has 0 aromatic carbocycles. The van der Waals surface area contributed by atoms with Crippen molar-refractivity contribution in [2.24, 2.45) is 0 Å². The Morgan fingerprint density at radius 2 is 2.44 bits per heavy atom. The van der Waals surface area contributed by atoms with Crippen LogP contribution < -0.4 is 5.32 Å². The van der Waals surface area contributed by atoms with E-state index in [0.29, 0.717) is 12.5 Å². The van der Waals surface area contributed by atoms with Crippen molar-refractivity contribution in [3.63, 3.8) is 0 Å². The van der Waals surface area contributed by atoms with E-state index in [0.717, 1.165) is 19.5 Å². The van der Waals surface area contributed by atoms with Crippen LogP contribution in [0.4, 0.5) is 0 Å². The van der Waals surface area contributed by atoms with E-state index in [9.17, 15) is 4.79 Å². The van der Waals surface area contributed by atoms with Crippen LogP contribution in [0.2, 0.25) is 0 Å². The zero-order valence-corrected chi connectivity index (χ0v) is 12.4. The summed E-state index contributed by atoms with van der Waals surface area (Å²) in [6.07, 6.45) is 4.12. The molecule has 1 aliphatic rings. The summed E-state index contributed by atoms with van der Waals surface area (Å²) in [5, 5.41) is 5.48. The lowest BCUT2D eigenvalue weighted by Crippen LogP contribution is -2.28. The van der Waals surface area contributed by atoms with Gasteiger partial charge in [-0.25, -0.2) is 0 Å². The van der Waals surface area contributed by atoms with Gasteiger partial charge in [0.05, 0.1) is 6.54 Å². The van der Waals surface area contributed by atoms with E-state index >= 15 is 0 Å². The number of thiophene rings is 1. The van der Waals surface area contributed by atoms with E-state index in [1.54, 1.807) is 11.3 Å². The smallest absolute Gasteiger partial charge is 0.222 e. The van der Waals surface area contributed by atoms with Gasteiger partial charge in [0.15, 0.2) is 0 Å². The fraction of sp³-hybridized carbons (Fsp3) is 0.615. The number of carbonyl (C=O) groups excluding carboxylic acids is 1. The Morgan fingerprint density at radius 3 is 3.06 bits per heavy atom. The Bertz CT molecular complexity index is 350. The number of nitrogens with zero attached hydrogens (tertiary/aromatic N) is 1. The van der Waals surface area contributed by atoms with Crippen LogP contribution in [0.25, 0.3) is 0 Å². The first-order valence-electron chi connectivity index (χ1n) is 6.25. The minimum absolute atomic E-state index is 0. The molecular formula is C13H21ClN2OS. The molecule has 1 amide bonds. The summed E-state index contributed by atoms with van der Waals surface area (Å²) in [5.74, 6) is 0.257. The van der Waals surface area contributed by atoms with Crippen molar-refractivity contribution in [2.45, 2.75) is 38.3 Å². The first-order chi connectivity index (χ1) is 8.25. The van der Waals surface area contributed by atoms with Crippen LogP contribution in [0, 0.1) is 0 Å². The van der Waals surface area contributed by atoms with Gasteiger partial charge < -0.3 is 10.2 Å². The molecule has 1 unspecified atom stereocenters. The monoisotopic (exact) mass is 288 g/mol. The van der Waals surface area contributed by atoms with E-state index in [2.05, 4.69) is 16.8 Å². The molecule has 0 spiro atoms. The largest absolute Gasteiger partial charge is 0.341 e. The fourth-order valence-electron chi connectivity index (χ4n) is 2.22. The molecule has 18 heavy (non-hydrogen) atoms. The van der Waals surface area contributed by atoms with E-state index < -0.39 is 0 Å². The topological polar surface area (TPSA) is 32.3 Å². The summed E-state index contributed by atoms with van der Waals surface area (Å²) in [4.78, 5) is 15.0. The lowest BCUT2D eigenvalue weighted by Gasteiger charge is -2.17. The Hall–Kier alpha value is -0.580. The predicted molar refractivity (Wildman–Crippen MR) is 78.3 cm³/mol. The summed E-state index contributed by atoms with van der Waals surface area (Å²) in [7, 11) is 1.89. The van der Waals surface area contributed by atoms with Crippen LogP contribution in [0.15, 0.2) is 17.5 Å². The molecule has 0 aliphatic carbocycles. The van der Waals surface area contributed by atoms with Crippen LogP contribution >= 0.6 is 23.7 Å². The third-order valence-corrected chi connectivity index (χ3v) is 4.13. The number of amides is 1. The van der Waals surface area contributed by atoms with Crippen molar-refractivity contribution >= 4 is 29.7 Å². The van der Waals surface area contributed by atoms with Crippen molar-refractivity contribution < 1.29 is 4.79 Å². The quantitative estimate of drug-likeness (QED) is 0.903. The standard InChI is InChI=1S/C13H20N2OS.ClH/c1-15(10-12-5-3-9-17-12)13(16)7-6-11-4-2-8-14-11;/h3,5,9,11,14H,2,4,6-8,10H2,1H3;1H. The van der Waals surface area contributed by atoms with Gasteiger partial charge in [0, 0.05) is 24.4 Å². The molecule has 1 aromatic heterocycles. The molecule has 0 bridgehead atoms. The van der Waals surface area contributed by atoms with Gasteiger partial charge in [-0.1, -0.05) is 6.07 Å². The van der Waals surface area contributed by atoms with Gasteiger partial charge in [-0.15, -0.1) is 23.7 Å². The van der Waals surface area contributed by atoms with Crippen LogP contribution in [0.3, 0.4) is 0 Å². The molecule has 1 N–H and O–H groups in total. The molecule has 2 heterocycles. The maximum Gasteiger partial charge on any atom is 0.222 e. The summed E-state index contributed by atoms with van der Waals surface area (Å²) in [6.45, 7) is 1.86. The van der Waals surface area contributed by atoms with Crippen molar-refractivity contribution in [1.82, 2.24) is 10.2 Å². The van der Waals surface area contributed by atoms with Crippen LogP contribution in [0.5, 0.6) is 0 Å². The first kappa shape index (κ1) is 15.5. The predicted octanol–water partition coefficient (Wildman–Crippen LogP) is 2.66. The summed E-state index contributed by atoms with van der Waals surface area (Å²) >= 11 is 1.71. The summed E-state index contributed by atoms with van der Waals surface area (Å²) in [5.41, 5.74) is 0. The van der Waals surface area contributed by atoms with Gasteiger partial charge in [0.25, 0.3) is 0 Å². The second kappa shape index (κ2) is 7.77. The molecule has 1 fully saturated rings. The number of carbonyl (C=O) groups is 1. The Labute approximate surface area is 119 Å². The minimum Gasteiger partial charge on any atom is -0.341 e. The Balaban J connectivity index is 0.00000162. The normalized spacial score (nSPS) is 18.4. The van der Waals surface area contributed by atoms with Crippen LogP contribution in [0.1, 0.15) is 30.6 Å². The first-order valence-corrected chi connectivity index (χ1v) is 7.13. The highest BCUT2D eigenvalue weighted by molar-refractivity contribution is 7.09. The van der Waals surface area contributed by atoms with E-state index in [4.69, 9.17) is 0 Å². The maximum absolute atomic E-state index is 11.9. The van der Waals surface area contributed by atoms with Gasteiger partial charge in [-0.05, 0) is 37.3 Å². The lowest BCUT2D eigenvalue weighted by molar-refractivity contribution is -0.130. The van der Waals surface area contributed by atoms with Crippen LogP contribution in [-0.2, 0) is 11.3 Å². The maximum atomic E-state index is 11.9. The molecule has 102 valence electrons. The minimum atomic E-state index is 0. The Morgan fingerprint density at radius 1 is 1.61 bits per heavy atom. The highest BCUT2D eigenvalue weighted by Crippen LogP contribution is 2.14. The SMILES string of the molecule is CN(Cc1cccs1)C(=O)CCC1CCCN1.Cl. The van der Waals surface area contributed by atoms with Crippen molar-refractivity contribution in [1.29, 1.82) is 0 Å². The van der Waals surface area contributed by atoms with E-state index in [1.165, 1.54) is 17.7 Å². The average molecular weight is 289 g/mol. The van der Waals surface area contributed by atoms with Gasteiger partial charge in [0.2, 0.25) is 5.91 Å². The van der Waals surface area contributed by atoms with Crippen LogP contribution in [-0.4, -0.2) is 30.4 Å². The van der Waals surface area contributed by atoms with Gasteiger partial charge in [0.1, 0.15) is 0 Å². The van der Waals surface area contributed by atoms with Gasteiger partial charge in [-0.2, -0.15) is 0 Å². The molecule has 5 heteroatoms. The molecule has 0 radical (unpaired) electrons. The number of hydrogen-bond donors (Lipinski definition) is 1. The van der Waals surface area contributed by atoms with Crippen molar-refractivity contribution in [3.8, 4) is 0 Å². The lowest BCUT2D eigenvalue weighted by atomic mass is 10.1. The van der Waals surface area contributed by atoms with E-state index in [1.807, 2.05) is 18.0 Å². The second-order valence-corrected chi connectivity index (χ2v) is 5.69. The highest BCUT2D eigenvalue weighted by atomic mass is 35.5. The third-order valence-electron chi connectivity index (χ3n) is 3.27. The fourth-order valence-corrected chi connectivity index (χ4v) is 2.97. The molecular weight excluding hydrogens is 268 g/mol. The average Bonchev–Trinajstić information content (AvgIpc) is 2.98. The van der Waals surface area contributed by atoms with Crippen molar-refractivity contribution in [2.75, 3.05) is 13.6 Å². The van der Waals surface area contributed by atoms with E-state index in [-0.39, 0.29) is 18.3 Å². The highest BCUT2D eigenvalue weighted by Gasteiger charge is 2.17. The summed E-state index contributed by atoms with van der Waals surface area (Å²) in [6, 6.07) is 4.67. The second-order valence-electron chi connectivity index (χ2n) is 4.66. The molecule has 1 saturated heterocycles. The van der Waals surface area contributed by atoms with Gasteiger partial charge in [-0.3, -0.25) is 4.79 Å². The third kappa shape index (κ3) is 4.59. The van der Waals surface area contributed by atoms with Crippen molar-refractivity contribution in [3.05, 3.63) is 22.4 Å². The number of halogens is 1. The molecule has 1 aromatic rings. The zero-order valence-electron chi connectivity index (χ0n) is 10.7. The molecule has 0 saturated carbocycles. The van der Waals surface area contributed by atoms with Gasteiger partial charge >= 0.3 is 0 Å². The summed E-state index contributed by atoms with van der Waals surface area (Å²) < 4.78 is 0. The molecule has 2 rings (SSSR count). The number of rotatable bonds is 5. The number of nitrogens with one attached hydrogen (secondary N) is 1.